The minimum atomic E-state index is -0.771. The summed E-state index contributed by atoms with van der Waals surface area (Å²) in [4.78, 5) is 12.2. The minimum absolute atomic E-state index is 0.126. The molecule has 1 unspecified atom stereocenters. The molecule has 1 aliphatic heterocycles. The summed E-state index contributed by atoms with van der Waals surface area (Å²) in [6, 6.07) is 8.00. The fourth-order valence-corrected chi connectivity index (χ4v) is 3.61. The number of aliphatic carboxylic acids is 1. The van der Waals surface area contributed by atoms with Crippen molar-refractivity contribution in [3.63, 3.8) is 0 Å². The Morgan fingerprint density at radius 3 is 2.94 bits per heavy atom. The molecule has 0 saturated heterocycles. The maximum absolute atomic E-state index is 11.0. The Morgan fingerprint density at radius 1 is 1.50 bits per heavy atom. The quantitative estimate of drug-likeness (QED) is 0.842. The molecule has 0 radical (unpaired) electrons. The molecule has 0 aromatic heterocycles. The monoisotopic (exact) mass is 237 g/mol. The number of hydrogen-bond acceptors (Lipinski definition) is 3. The summed E-state index contributed by atoms with van der Waals surface area (Å²) in [5, 5.41) is 9.03. The number of thioether (sulfide) groups is 1. The lowest BCUT2D eigenvalue weighted by atomic mass is 9.75. The number of carbonyl (C=O) groups is 1. The standard InChI is InChI=1S/C12H15NO2S/c13-8-12(7-11(14)15)5-6-16-10-4-2-1-3-9(10)12/h1-4H,5-8,13H2,(H,14,15). The number of hydrogen-bond donors (Lipinski definition) is 2. The van der Waals surface area contributed by atoms with Crippen LogP contribution in [0.1, 0.15) is 18.4 Å². The van der Waals surface area contributed by atoms with E-state index in [9.17, 15) is 4.79 Å². The van der Waals surface area contributed by atoms with E-state index in [0.717, 1.165) is 17.7 Å². The molecule has 0 spiro atoms. The highest BCUT2D eigenvalue weighted by Crippen LogP contribution is 2.43. The number of benzene rings is 1. The summed E-state index contributed by atoms with van der Waals surface area (Å²) in [6.07, 6.45) is 0.971. The van der Waals surface area contributed by atoms with E-state index in [0.29, 0.717) is 6.54 Å². The van der Waals surface area contributed by atoms with Gasteiger partial charge in [-0.15, -0.1) is 11.8 Å². The first-order chi connectivity index (χ1) is 7.68. The molecule has 3 N–H and O–H groups in total. The van der Waals surface area contributed by atoms with Gasteiger partial charge in [0.2, 0.25) is 0 Å². The van der Waals surface area contributed by atoms with Gasteiger partial charge in [0.25, 0.3) is 0 Å². The van der Waals surface area contributed by atoms with Crippen molar-refractivity contribution >= 4 is 17.7 Å². The van der Waals surface area contributed by atoms with Gasteiger partial charge in [0, 0.05) is 16.9 Å². The van der Waals surface area contributed by atoms with Gasteiger partial charge in [-0.3, -0.25) is 4.79 Å². The molecule has 1 heterocycles. The van der Waals surface area contributed by atoms with Crippen LogP contribution in [-0.2, 0) is 10.2 Å². The highest BCUT2D eigenvalue weighted by Gasteiger charge is 2.37. The van der Waals surface area contributed by atoms with Crippen molar-refractivity contribution in [2.24, 2.45) is 5.73 Å². The zero-order valence-corrected chi connectivity index (χ0v) is 9.80. The van der Waals surface area contributed by atoms with E-state index in [1.807, 2.05) is 24.3 Å². The van der Waals surface area contributed by atoms with Crippen LogP contribution in [0.25, 0.3) is 0 Å². The van der Waals surface area contributed by atoms with Crippen LogP contribution in [0.15, 0.2) is 29.2 Å². The SMILES string of the molecule is NCC1(CC(=O)O)CCSc2ccccc21. The van der Waals surface area contributed by atoms with E-state index in [2.05, 4.69) is 0 Å². The van der Waals surface area contributed by atoms with Crippen molar-refractivity contribution in [3.8, 4) is 0 Å². The van der Waals surface area contributed by atoms with Crippen LogP contribution in [-0.4, -0.2) is 23.4 Å². The lowest BCUT2D eigenvalue weighted by molar-refractivity contribution is -0.138. The average Bonchev–Trinajstić information content (AvgIpc) is 2.29. The number of nitrogens with two attached hydrogens (primary N) is 1. The Bertz CT molecular complexity index is 408. The number of fused-ring (bicyclic) bond motifs is 1. The molecular formula is C12H15NO2S. The Morgan fingerprint density at radius 2 is 2.25 bits per heavy atom. The first kappa shape index (κ1) is 11.5. The molecule has 86 valence electrons. The van der Waals surface area contributed by atoms with Gasteiger partial charge in [-0.1, -0.05) is 18.2 Å². The van der Waals surface area contributed by atoms with Crippen LogP contribution >= 0.6 is 11.8 Å². The molecule has 16 heavy (non-hydrogen) atoms. The van der Waals surface area contributed by atoms with Crippen molar-refractivity contribution in [1.29, 1.82) is 0 Å². The summed E-state index contributed by atoms with van der Waals surface area (Å²) in [5.41, 5.74) is 6.57. The predicted octanol–water partition coefficient (Wildman–Crippen LogP) is 1.85. The number of rotatable bonds is 3. The van der Waals surface area contributed by atoms with Crippen molar-refractivity contribution in [1.82, 2.24) is 0 Å². The maximum Gasteiger partial charge on any atom is 0.304 e. The largest absolute Gasteiger partial charge is 0.481 e. The van der Waals surface area contributed by atoms with Gasteiger partial charge in [-0.25, -0.2) is 0 Å². The van der Waals surface area contributed by atoms with Crippen molar-refractivity contribution in [3.05, 3.63) is 29.8 Å². The normalized spacial score (nSPS) is 23.8. The van der Waals surface area contributed by atoms with Gasteiger partial charge >= 0.3 is 5.97 Å². The zero-order chi connectivity index (χ0) is 11.6. The topological polar surface area (TPSA) is 63.3 Å². The van der Waals surface area contributed by atoms with Crippen LogP contribution in [0.3, 0.4) is 0 Å². The van der Waals surface area contributed by atoms with Gasteiger partial charge in [-0.05, 0) is 23.8 Å². The Kier molecular flexibility index (Phi) is 3.21. The van der Waals surface area contributed by atoms with Gasteiger partial charge in [0.1, 0.15) is 0 Å². The van der Waals surface area contributed by atoms with E-state index in [-0.39, 0.29) is 11.8 Å². The maximum atomic E-state index is 11.0. The Balaban J connectivity index is 2.44. The summed E-state index contributed by atoms with van der Waals surface area (Å²) < 4.78 is 0. The fraction of sp³-hybridized carbons (Fsp3) is 0.417. The van der Waals surface area contributed by atoms with E-state index in [1.54, 1.807) is 11.8 Å². The molecule has 0 bridgehead atoms. The van der Waals surface area contributed by atoms with Gasteiger partial charge in [-0.2, -0.15) is 0 Å². The molecule has 2 rings (SSSR count). The molecule has 0 fully saturated rings. The van der Waals surface area contributed by atoms with Gasteiger partial charge in [0.15, 0.2) is 0 Å². The highest BCUT2D eigenvalue weighted by molar-refractivity contribution is 7.99. The third-order valence-electron chi connectivity index (χ3n) is 3.18. The zero-order valence-electron chi connectivity index (χ0n) is 8.98. The second-order valence-electron chi connectivity index (χ2n) is 4.15. The molecule has 3 nitrogen and oxygen atoms in total. The third kappa shape index (κ3) is 1.95. The predicted molar refractivity (Wildman–Crippen MR) is 64.8 cm³/mol. The van der Waals surface area contributed by atoms with E-state index in [1.165, 1.54) is 4.90 Å². The van der Waals surface area contributed by atoms with E-state index in [4.69, 9.17) is 10.8 Å². The molecule has 1 aromatic carbocycles. The van der Waals surface area contributed by atoms with Crippen LogP contribution in [0.2, 0.25) is 0 Å². The first-order valence-electron chi connectivity index (χ1n) is 5.32. The van der Waals surface area contributed by atoms with Gasteiger partial charge < -0.3 is 10.8 Å². The fourth-order valence-electron chi connectivity index (χ4n) is 2.28. The lowest BCUT2D eigenvalue weighted by Gasteiger charge is -2.36. The van der Waals surface area contributed by atoms with Crippen LogP contribution < -0.4 is 5.73 Å². The van der Waals surface area contributed by atoms with Gasteiger partial charge in [0.05, 0.1) is 6.42 Å². The first-order valence-corrected chi connectivity index (χ1v) is 6.31. The minimum Gasteiger partial charge on any atom is -0.481 e. The van der Waals surface area contributed by atoms with Crippen molar-refractivity contribution in [2.75, 3.05) is 12.3 Å². The molecule has 1 aliphatic rings. The van der Waals surface area contributed by atoms with Crippen LogP contribution in [0.5, 0.6) is 0 Å². The lowest BCUT2D eigenvalue weighted by Crippen LogP contribution is -2.40. The molecule has 0 aliphatic carbocycles. The van der Waals surface area contributed by atoms with E-state index >= 15 is 0 Å². The van der Waals surface area contributed by atoms with Crippen molar-refractivity contribution in [2.45, 2.75) is 23.2 Å². The average molecular weight is 237 g/mol. The Hall–Kier alpha value is -1.00. The van der Waals surface area contributed by atoms with Crippen molar-refractivity contribution < 1.29 is 9.90 Å². The summed E-state index contributed by atoms with van der Waals surface area (Å²) in [5.74, 6) is 0.175. The highest BCUT2D eigenvalue weighted by atomic mass is 32.2. The summed E-state index contributed by atoms with van der Waals surface area (Å²) in [6.45, 7) is 0.400. The molecular weight excluding hydrogens is 222 g/mol. The number of carboxylic acid groups (broad SMARTS) is 1. The Labute approximate surface area is 99.0 Å². The smallest absolute Gasteiger partial charge is 0.304 e. The van der Waals surface area contributed by atoms with Crippen LogP contribution in [0, 0.1) is 0 Å². The second-order valence-corrected chi connectivity index (χ2v) is 5.29. The molecule has 1 aromatic rings. The third-order valence-corrected chi connectivity index (χ3v) is 4.25. The van der Waals surface area contributed by atoms with Crippen LogP contribution in [0.4, 0.5) is 0 Å². The second kappa shape index (κ2) is 4.47. The molecule has 0 amide bonds. The molecule has 1 atom stereocenters. The summed E-state index contributed by atoms with van der Waals surface area (Å²) in [7, 11) is 0. The number of carboxylic acids is 1. The summed E-state index contributed by atoms with van der Waals surface area (Å²) >= 11 is 1.78. The molecule has 0 saturated carbocycles. The van der Waals surface area contributed by atoms with E-state index < -0.39 is 5.97 Å². The molecule has 4 heteroatoms.